The number of rotatable bonds is 5. The minimum absolute atomic E-state index is 0.00155. The fourth-order valence-corrected chi connectivity index (χ4v) is 4.43. The molecule has 1 aliphatic heterocycles. The number of amides is 1. The van der Waals surface area contributed by atoms with Gasteiger partial charge in [-0.25, -0.2) is 0 Å². The molecule has 6 heteroatoms. The van der Waals surface area contributed by atoms with Crippen molar-refractivity contribution < 1.29 is 14.3 Å². The molecule has 4 nitrogen and oxygen atoms in total. The summed E-state index contributed by atoms with van der Waals surface area (Å²) in [6.45, 7) is 5.21. The number of fused-ring (bicyclic) bond motifs is 1. The van der Waals surface area contributed by atoms with E-state index in [9.17, 15) is 4.79 Å². The summed E-state index contributed by atoms with van der Waals surface area (Å²) in [4.78, 5) is 16.0. The van der Waals surface area contributed by atoms with Crippen molar-refractivity contribution in [1.82, 2.24) is 4.90 Å². The van der Waals surface area contributed by atoms with E-state index >= 15 is 0 Å². The Kier molecular flexibility index (Phi) is 5.89. The third-order valence-corrected chi connectivity index (χ3v) is 5.80. The molecule has 26 heavy (non-hydrogen) atoms. The van der Waals surface area contributed by atoms with Gasteiger partial charge in [-0.3, -0.25) is 4.79 Å². The second-order valence-corrected chi connectivity index (χ2v) is 7.47. The van der Waals surface area contributed by atoms with E-state index in [1.54, 1.807) is 36.7 Å². The number of benzene rings is 1. The third kappa shape index (κ3) is 3.74. The molecular weight excluding hydrogens is 370 g/mol. The van der Waals surface area contributed by atoms with E-state index < -0.39 is 0 Å². The number of nitrogens with zero attached hydrogens (tertiary/aromatic N) is 1. The minimum atomic E-state index is -0.00155. The Labute approximate surface area is 163 Å². The molecule has 0 spiro atoms. The smallest absolute Gasteiger partial charge is 0.247 e. The van der Waals surface area contributed by atoms with Gasteiger partial charge in [0.1, 0.15) is 0 Å². The molecule has 0 saturated heterocycles. The highest BCUT2D eigenvalue weighted by atomic mass is 35.5. The van der Waals surface area contributed by atoms with Gasteiger partial charge in [0, 0.05) is 17.5 Å². The van der Waals surface area contributed by atoms with Gasteiger partial charge in [-0.05, 0) is 61.1 Å². The van der Waals surface area contributed by atoms with Gasteiger partial charge in [0.25, 0.3) is 0 Å². The molecule has 138 valence electrons. The number of carbonyl (C=O) groups is 1. The first kappa shape index (κ1) is 18.8. The SMILES string of the molecule is CCOc1c(Cl)cc(/C=C/C(=O)N2CCc3sccc3[C@@H]2C)cc1OC. The molecule has 1 aromatic heterocycles. The molecule has 0 saturated carbocycles. The number of ether oxygens (including phenoxy) is 2. The number of hydrogen-bond acceptors (Lipinski definition) is 4. The predicted molar refractivity (Wildman–Crippen MR) is 106 cm³/mol. The second kappa shape index (κ2) is 8.14. The molecule has 0 aliphatic carbocycles. The molecule has 1 aromatic carbocycles. The number of carbonyl (C=O) groups excluding carboxylic acids is 1. The van der Waals surface area contributed by atoms with Gasteiger partial charge in [0.15, 0.2) is 11.5 Å². The van der Waals surface area contributed by atoms with Gasteiger partial charge in [-0.2, -0.15) is 0 Å². The molecule has 0 N–H and O–H groups in total. The fourth-order valence-electron chi connectivity index (χ4n) is 3.19. The number of hydrogen-bond donors (Lipinski definition) is 0. The Morgan fingerprint density at radius 1 is 1.46 bits per heavy atom. The van der Waals surface area contributed by atoms with Crippen molar-refractivity contribution in [2.24, 2.45) is 0 Å². The average molecular weight is 392 g/mol. The molecule has 1 atom stereocenters. The van der Waals surface area contributed by atoms with E-state index in [1.165, 1.54) is 10.4 Å². The van der Waals surface area contributed by atoms with Crippen LogP contribution in [-0.2, 0) is 11.2 Å². The van der Waals surface area contributed by atoms with Crippen LogP contribution in [0.3, 0.4) is 0 Å². The largest absolute Gasteiger partial charge is 0.493 e. The summed E-state index contributed by atoms with van der Waals surface area (Å²) < 4.78 is 10.9. The second-order valence-electron chi connectivity index (χ2n) is 6.06. The zero-order valence-electron chi connectivity index (χ0n) is 15.1. The van der Waals surface area contributed by atoms with Crippen LogP contribution in [0.15, 0.2) is 29.7 Å². The quantitative estimate of drug-likeness (QED) is 0.675. The standard InChI is InChI=1S/C20H22ClNO3S/c1-4-25-20-16(21)11-14(12-17(20)24-3)5-6-19(23)22-9-7-18-15(13(22)2)8-10-26-18/h5-6,8,10-13H,4,7,9H2,1-3H3/b6-5+/t13-/m0/s1. The maximum absolute atomic E-state index is 12.7. The Balaban J connectivity index is 1.77. The van der Waals surface area contributed by atoms with E-state index in [4.69, 9.17) is 21.1 Å². The molecular formula is C20H22ClNO3S. The number of halogens is 1. The first-order chi connectivity index (χ1) is 12.5. The van der Waals surface area contributed by atoms with Crippen LogP contribution < -0.4 is 9.47 Å². The molecule has 0 fully saturated rings. The molecule has 0 unspecified atom stereocenters. The number of methoxy groups -OCH3 is 1. The van der Waals surface area contributed by atoms with Crippen molar-refractivity contribution in [3.63, 3.8) is 0 Å². The average Bonchev–Trinajstić information content (AvgIpc) is 3.11. The molecule has 0 radical (unpaired) electrons. The van der Waals surface area contributed by atoms with Crippen LogP contribution in [0.4, 0.5) is 0 Å². The highest BCUT2D eigenvalue weighted by Gasteiger charge is 2.27. The normalized spacial score (nSPS) is 16.6. The van der Waals surface area contributed by atoms with Crippen LogP contribution in [-0.4, -0.2) is 31.1 Å². The Morgan fingerprint density at radius 3 is 3.00 bits per heavy atom. The Morgan fingerprint density at radius 2 is 2.27 bits per heavy atom. The maximum atomic E-state index is 12.7. The highest BCUT2D eigenvalue weighted by Crippen LogP contribution is 2.37. The van der Waals surface area contributed by atoms with Gasteiger partial charge < -0.3 is 14.4 Å². The summed E-state index contributed by atoms with van der Waals surface area (Å²) in [7, 11) is 1.57. The van der Waals surface area contributed by atoms with Crippen molar-refractivity contribution >= 4 is 34.9 Å². The van der Waals surface area contributed by atoms with Crippen LogP contribution in [0.1, 0.15) is 35.9 Å². The molecule has 1 amide bonds. The Hall–Kier alpha value is -1.98. The van der Waals surface area contributed by atoms with Crippen molar-refractivity contribution in [1.29, 1.82) is 0 Å². The zero-order chi connectivity index (χ0) is 18.7. The van der Waals surface area contributed by atoms with Crippen molar-refractivity contribution in [3.8, 4) is 11.5 Å². The van der Waals surface area contributed by atoms with Gasteiger partial charge >= 0.3 is 0 Å². The van der Waals surface area contributed by atoms with Gasteiger partial charge in [-0.1, -0.05) is 11.6 Å². The lowest BCUT2D eigenvalue weighted by Crippen LogP contribution is -2.37. The van der Waals surface area contributed by atoms with Gasteiger partial charge in [-0.15, -0.1) is 11.3 Å². The van der Waals surface area contributed by atoms with Crippen molar-refractivity contribution in [2.45, 2.75) is 26.3 Å². The first-order valence-electron chi connectivity index (χ1n) is 8.60. The monoisotopic (exact) mass is 391 g/mol. The summed E-state index contributed by atoms with van der Waals surface area (Å²) in [5.41, 5.74) is 2.05. The van der Waals surface area contributed by atoms with Crippen LogP contribution >= 0.6 is 22.9 Å². The molecule has 2 heterocycles. The van der Waals surface area contributed by atoms with E-state index in [2.05, 4.69) is 18.4 Å². The molecule has 0 bridgehead atoms. The third-order valence-electron chi connectivity index (χ3n) is 4.52. The highest BCUT2D eigenvalue weighted by molar-refractivity contribution is 7.10. The van der Waals surface area contributed by atoms with Crippen LogP contribution in [0, 0.1) is 0 Å². The summed E-state index contributed by atoms with van der Waals surface area (Å²) in [5.74, 6) is 1.08. The summed E-state index contributed by atoms with van der Waals surface area (Å²) in [6, 6.07) is 5.80. The van der Waals surface area contributed by atoms with Gasteiger partial charge in [0.05, 0.1) is 24.8 Å². The van der Waals surface area contributed by atoms with Crippen LogP contribution in [0.5, 0.6) is 11.5 Å². The predicted octanol–water partition coefficient (Wildman–Crippen LogP) is 4.97. The van der Waals surface area contributed by atoms with Crippen molar-refractivity contribution in [2.75, 3.05) is 20.3 Å². The van der Waals surface area contributed by atoms with E-state index in [1.807, 2.05) is 17.9 Å². The minimum Gasteiger partial charge on any atom is -0.493 e. The van der Waals surface area contributed by atoms with Crippen molar-refractivity contribution in [3.05, 3.63) is 50.7 Å². The van der Waals surface area contributed by atoms with E-state index in [0.29, 0.717) is 23.1 Å². The summed E-state index contributed by atoms with van der Waals surface area (Å²) in [6.07, 6.45) is 4.28. The van der Waals surface area contributed by atoms with E-state index in [0.717, 1.165) is 18.5 Å². The topological polar surface area (TPSA) is 38.8 Å². The molecule has 1 aliphatic rings. The van der Waals surface area contributed by atoms with Gasteiger partial charge in [0.2, 0.25) is 5.91 Å². The lowest BCUT2D eigenvalue weighted by Gasteiger charge is -2.32. The van der Waals surface area contributed by atoms with Crippen LogP contribution in [0.2, 0.25) is 5.02 Å². The lowest BCUT2D eigenvalue weighted by atomic mass is 10.0. The molecule has 2 aromatic rings. The first-order valence-corrected chi connectivity index (χ1v) is 9.86. The zero-order valence-corrected chi connectivity index (χ0v) is 16.7. The summed E-state index contributed by atoms with van der Waals surface area (Å²) in [5, 5.41) is 2.56. The Bertz CT molecular complexity index is 830. The molecule has 3 rings (SSSR count). The lowest BCUT2D eigenvalue weighted by molar-refractivity contribution is -0.128. The van der Waals surface area contributed by atoms with E-state index in [-0.39, 0.29) is 11.9 Å². The maximum Gasteiger partial charge on any atom is 0.247 e. The number of thiophene rings is 1. The summed E-state index contributed by atoms with van der Waals surface area (Å²) >= 11 is 8.06. The van der Waals surface area contributed by atoms with Crippen LogP contribution in [0.25, 0.3) is 6.08 Å². The fraction of sp³-hybridized carbons (Fsp3) is 0.350.